The first-order valence-electron chi connectivity index (χ1n) is 11.4. The van der Waals surface area contributed by atoms with Gasteiger partial charge in [-0.1, -0.05) is 42.1 Å². The number of para-hydroxylation sites is 3. The molecule has 3 aromatic rings. The van der Waals surface area contributed by atoms with Crippen LogP contribution in [0.4, 0.5) is 24.5 Å². The van der Waals surface area contributed by atoms with Crippen LogP contribution in [0.25, 0.3) is 6.08 Å². The van der Waals surface area contributed by atoms with Crippen LogP contribution in [0.3, 0.4) is 0 Å². The number of ether oxygens (including phenoxy) is 3. The van der Waals surface area contributed by atoms with Crippen molar-refractivity contribution in [2.75, 3.05) is 30.2 Å². The highest BCUT2D eigenvalue weighted by molar-refractivity contribution is 8.14. The van der Waals surface area contributed by atoms with Gasteiger partial charge in [0.25, 0.3) is 5.91 Å². The number of nitrogens with zero attached hydrogens (tertiary/aromatic N) is 2. The third-order valence-corrected chi connectivity index (χ3v) is 6.23. The van der Waals surface area contributed by atoms with E-state index in [1.54, 1.807) is 54.6 Å². The summed E-state index contributed by atoms with van der Waals surface area (Å²) in [5.74, 6) is -0.784. The van der Waals surface area contributed by atoms with Crippen molar-refractivity contribution in [2.45, 2.75) is 6.36 Å². The smallest absolute Gasteiger partial charge is 0.497 e. The quantitative estimate of drug-likeness (QED) is 0.357. The van der Waals surface area contributed by atoms with E-state index in [0.29, 0.717) is 22.7 Å². The number of rotatable bonds is 8. The molecule has 0 fully saturated rings. The van der Waals surface area contributed by atoms with Crippen molar-refractivity contribution < 1.29 is 37.0 Å². The zero-order valence-electron chi connectivity index (χ0n) is 20.7. The first kappa shape index (κ1) is 27.6. The number of halogens is 3. The van der Waals surface area contributed by atoms with Crippen LogP contribution >= 0.6 is 11.8 Å². The first-order valence-corrected chi connectivity index (χ1v) is 12.4. The Kier molecular flexibility index (Phi) is 8.45. The lowest BCUT2D eigenvalue weighted by molar-refractivity contribution is -0.274. The van der Waals surface area contributed by atoms with Crippen molar-refractivity contribution >= 4 is 46.2 Å². The van der Waals surface area contributed by atoms with Gasteiger partial charge in [0.15, 0.2) is 10.9 Å². The molecule has 3 aromatic carbocycles. The number of nitrogens with one attached hydrogen (secondary N) is 1. The maximum atomic E-state index is 13.4. The molecule has 2 amide bonds. The second-order valence-corrected chi connectivity index (χ2v) is 8.83. The van der Waals surface area contributed by atoms with Gasteiger partial charge in [-0.25, -0.2) is 4.99 Å². The predicted octanol–water partition coefficient (Wildman–Crippen LogP) is 5.72. The molecule has 1 heterocycles. The lowest BCUT2D eigenvalue weighted by atomic mass is 10.1. The summed E-state index contributed by atoms with van der Waals surface area (Å²) in [4.78, 5) is 31.9. The second-order valence-electron chi connectivity index (χ2n) is 7.89. The standard InChI is InChI=1S/C27H22F3N3O5S/c1-36-19-12-13-22(37-2)17(14-19)15-21-25(35)33(18-8-4-3-5-9-18)26(32-21)39-16-24(34)31-20-10-6-7-11-23(20)38-27(28,29)30/h3-15H,16H2,1-2H3,(H,31,34)/b21-15+. The average molecular weight is 558 g/mol. The molecule has 0 aliphatic carbocycles. The number of aliphatic imine (C=N–C) groups is 1. The molecule has 0 saturated heterocycles. The van der Waals surface area contributed by atoms with Crippen LogP contribution in [-0.2, 0) is 9.59 Å². The fraction of sp³-hybridized carbons (Fsp3) is 0.148. The highest BCUT2D eigenvalue weighted by atomic mass is 32.2. The normalized spacial score (nSPS) is 14.3. The molecule has 0 spiro atoms. The molecule has 8 nitrogen and oxygen atoms in total. The van der Waals surface area contributed by atoms with Crippen LogP contribution in [0.2, 0.25) is 0 Å². The SMILES string of the molecule is COc1ccc(OC)c(/C=C2/N=C(SCC(=O)Nc3ccccc3OC(F)(F)F)N(c3ccccc3)C2=O)c1. The Balaban J connectivity index is 1.59. The molecule has 0 bridgehead atoms. The number of alkyl halides is 3. The lowest BCUT2D eigenvalue weighted by Gasteiger charge is -2.18. The highest BCUT2D eigenvalue weighted by Crippen LogP contribution is 2.33. The van der Waals surface area contributed by atoms with Crippen molar-refractivity contribution in [1.29, 1.82) is 0 Å². The Bertz CT molecular complexity index is 1430. The molecule has 4 rings (SSSR count). The molecular formula is C27H22F3N3O5S. The Morgan fingerprint density at radius 1 is 1.00 bits per heavy atom. The molecule has 1 N–H and O–H groups in total. The summed E-state index contributed by atoms with van der Waals surface area (Å²) in [7, 11) is 3.01. The fourth-order valence-electron chi connectivity index (χ4n) is 3.60. The number of hydrogen-bond donors (Lipinski definition) is 1. The molecule has 0 unspecified atom stereocenters. The van der Waals surface area contributed by atoms with E-state index in [-0.39, 0.29) is 22.3 Å². The summed E-state index contributed by atoms with van der Waals surface area (Å²) in [6, 6.07) is 19.0. The number of methoxy groups -OCH3 is 2. The van der Waals surface area contributed by atoms with E-state index in [4.69, 9.17) is 9.47 Å². The maximum absolute atomic E-state index is 13.4. The Morgan fingerprint density at radius 3 is 2.41 bits per heavy atom. The van der Waals surface area contributed by atoms with E-state index in [1.807, 2.05) is 0 Å². The molecule has 0 atom stereocenters. The van der Waals surface area contributed by atoms with Crippen LogP contribution in [0, 0.1) is 0 Å². The molecular weight excluding hydrogens is 535 g/mol. The Hall–Kier alpha value is -4.45. The number of hydrogen-bond acceptors (Lipinski definition) is 7. The van der Waals surface area contributed by atoms with E-state index in [1.165, 1.54) is 37.3 Å². The van der Waals surface area contributed by atoms with Crippen LogP contribution in [-0.4, -0.2) is 43.3 Å². The van der Waals surface area contributed by atoms with Gasteiger partial charge in [0.1, 0.15) is 17.2 Å². The summed E-state index contributed by atoms with van der Waals surface area (Å²) < 4.78 is 52.8. The van der Waals surface area contributed by atoms with Crippen molar-refractivity contribution in [1.82, 2.24) is 0 Å². The van der Waals surface area contributed by atoms with Crippen LogP contribution in [0.15, 0.2) is 83.5 Å². The monoisotopic (exact) mass is 557 g/mol. The Labute approximate surface area is 226 Å². The number of benzene rings is 3. The van der Waals surface area contributed by atoms with Crippen LogP contribution in [0.1, 0.15) is 5.56 Å². The van der Waals surface area contributed by atoms with Gasteiger partial charge in [0, 0.05) is 5.56 Å². The van der Waals surface area contributed by atoms with Crippen molar-refractivity contribution in [2.24, 2.45) is 4.99 Å². The number of carbonyl (C=O) groups is 2. The maximum Gasteiger partial charge on any atom is 0.573 e. The van der Waals surface area contributed by atoms with E-state index in [9.17, 15) is 22.8 Å². The molecule has 39 heavy (non-hydrogen) atoms. The van der Waals surface area contributed by atoms with Gasteiger partial charge in [-0.15, -0.1) is 13.2 Å². The van der Waals surface area contributed by atoms with Gasteiger partial charge in [0.05, 0.1) is 31.3 Å². The molecule has 0 aromatic heterocycles. The summed E-state index contributed by atoms with van der Waals surface area (Å²) in [5.41, 5.74) is 1.04. The number of thioether (sulfide) groups is 1. The number of amidine groups is 1. The zero-order chi connectivity index (χ0) is 28.0. The van der Waals surface area contributed by atoms with Gasteiger partial charge >= 0.3 is 6.36 Å². The summed E-state index contributed by atoms with van der Waals surface area (Å²) >= 11 is 0.952. The second kappa shape index (κ2) is 11.9. The van der Waals surface area contributed by atoms with Crippen LogP contribution < -0.4 is 24.4 Å². The molecule has 12 heteroatoms. The summed E-state index contributed by atoms with van der Waals surface area (Å²) in [6.07, 6.45) is -3.36. The molecule has 202 valence electrons. The van der Waals surface area contributed by atoms with Gasteiger partial charge in [0.2, 0.25) is 5.91 Å². The van der Waals surface area contributed by atoms with Gasteiger partial charge in [-0.3, -0.25) is 14.5 Å². The molecule has 0 saturated carbocycles. The van der Waals surface area contributed by atoms with E-state index in [0.717, 1.165) is 17.8 Å². The molecule has 0 radical (unpaired) electrons. The summed E-state index contributed by atoms with van der Waals surface area (Å²) in [5, 5.41) is 2.63. The average Bonchev–Trinajstić information content (AvgIpc) is 3.22. The highest BCUT2D eigenvalue weighted by Gasteiger charge is 2.34. The fourth-order valence-corrected chi connectivity index (χ4v) is 4.41. The molecule has 1 aliphatic heterocycles. The van der Waals surface area contributed by atoms with Gasteiger partial charge < -0.3 is 19.5 Å². The third kappa shape index (κ3) is 6.90. The lowest BCUT2D eigenvalue weighted by Crippen LogP contribution is -2.31. The zero-order valence-corrected chi connectivity index (χ0v) is 21.5. The van der Waals surface area contributed by atoms with Crippen molar-refractivity contribution in [3.63, 3.8) is 0 Å². The minimum Gasteiger partial charge on any atom is -0.497 e. The minimum absolute atomic E-state index is 0.0947. The third-order valence-electron chi connectivity index (χ3n) is 5.29. The van der Waals surface area contributed by atoms with E-state index < -0.39 is 23.9 Å². The first-order chi connectivity index (χ1) is 18.7. The topological polar surface area (TPSA) is 89.5 Å². The number of anilines is 2. The predicted molar refractivity (Wildman–Crippen MR) is 143 cm³/mol. The minimum atomic E-state index is -4.92. The van der Waals surface area contributed by atoms with Gasteiger partial charge in [-0.2, -0.15) is 0 Å². The molecule has 1 aliphatic rings. The van der Waals surface area contributed by atoms with Crippen molar-refractivity contribution in [3.05, 3.63) is 84.1 Å². The van der Waals surface area contributed by atoms with Crippen molar-refractivity contribution in [3.8, 4) is 17.2 Å². The van der Waals surface area contributed by atoms with Crippen LogP contribution in [0.5, 0.6) is 17.2 Å². The number of amides is 2. The van der Waals surface area contributed by atoms with E-state index in [2.05, 4.69) is 15.0 Å². The number of carbonyl (C=O) groups excluding carboxylic acids is 2. The summed E-state index contributed by atoms with van der Waals surface area (Å²) in [6.45, 7) is 0. The van der Waals surface area contributed by atoms with E-state index >= 15 is 0 Å². The Morgan fingerprint density at radius 2 is 1.72 bits per heavy atom. The largest absolute Gasteiger partial charge is 0.573 e. The van der Waals surface area contributed by atoms with Gasteiger partial charge in [-0.05, 0) is 48.5 Å².